The maximum atomic E-state index is 12.2. The first-order valence-electron chi connectivity index (χ1n) is 10.4. The summed E-state index contributed by atoms with van der Waals surface area (Å²) in [5.74, 6) is 0.887. The zero-order valence-corrected chi connectivity index (χ0v) is 20.1. The van der Waals surface area contributed by atoms with Crippen LogP contribution in [0.15, 0.2) is 29.3 Å². The lowest BCUT2D eigenvalue weighted by molar-refractivity contribution is -0.130. The third kappa shape index (κ3) is 6.83. The molecule has 0 spiro atoms. The van der Waals surface area contributed by atoms with Crippen molar-refractivity contribution in [1.82, 2.24) is 15.1 Å². The van der Waals surface area contributed by atoms with Gasteiger partial charge in [-0.05, 0) is 37.5 Å². The Morgan fingerprint density at radius 3 is 2.57 bits per heavy atom. The molecule has 0 aromatic heterocycles. The second-order valence-electron chi connectivity index (χ2n) is 7.35. The van der Waals surface area contributed by atoms with Crippen LogP contribution < -0.4 is 10.6 Å². The molecule has 1 aromatic carbocycles. The quantitative estimate of drug-likeness (QED) is 0.347. The lowest BCUT2D eigenvalue weighted by Crippen LogP contribution is -2.53. The van der Waals surface area contributed by atoms with E-state index in [4.69, 9.17) is 9.73 Å². The van der Waals surface area contributed by atoms with Gasteiger partial charge in [-0.1, -0.05) is 12.1 Å². The minimum Gasteiger partial charge on any atom is -0.368 e. The molecule has 3 rings (SSSR count). The summed E-state index contributed by atoms with van der Waals surface area (Å²) in [5, 5.41) is 6.28. The van der Waals surface area contributed by atoms with Gasteiger partial charge in [0.15, 0.2) is 5.96 Å². The van der Waals surface area contributed by atoms with Gasteiger partial charge in [-0.25, -0.2) is 4.99 Å². The van der Waals surface area contributed by atoms with Crippen LogP contribution in [0, 0.1) is 0 Å². The molecule has 1 unspecified atom stereocenters. The van der Waals surface area contributed by atoms with Gasteiger partial charge in [-0.15, -0.1) is 24.0 Å². The van der Waals surface area contributed by atoms with Crippen molar-refractivity contribution >= 4 is 47.4 Å². The second kappa shape index (κ2) is 12.1. The van der Waals surface area contributed by atoms with Crippen LogP contribution in [0.2, 0.25) is 0 Å². The molecule has 2 heterocycles. The Labute approximate surface area is 195 Å². The molecule has 2 N–H and O–H groups in total. The Bertz CT molecular complexity index is 744. The molecule has 2 saturated heterocycles. The van der Waals surface area contributed by atoms with Crippen LogP contribution in [-0.2, 0) is 20.9 Å². The number of amides is 2. The molecule has 0 radical (unpaired) electrons. The van der Waals surface area contributed by atoms with Crippen molar-refractivity contribution in [1.29, 1.82) is 0 Å². The molecule has 1 aromatic rings. The highest BCUT2D eigenvalue weighted by Gasteiger charge is 2.23. The largest absolute Gasteiger partial charge is 0.368 e. The van der Waals surface area contributed by atoms with Crippen molar-refractivity contribution in [3.05, 3.63) is 29.8 Å². The Morgan fingerprint density at radius 2 is 1.93 bits per heavy atom. The van der Waals surface area contributed by atoms with E-state index in [1.165, 1.54) is 0 Å². The lowest BCUT2D eigenvalue weighted by atomic mass is 10.2. The standard InChI is InChI=1S/C21H31N5O3.HI/c1-3-22-21(26-11-9-25(10-12-26)16(2)27)23-15-17-6-4-7-18(14-17)24-20(28)19-8-5-13-29-19;/h4,6-7,14,19H,3,5,8-13,15H2,1-2H3,(H,22,23)(H,24,28);1H. The number of hydrogen-bond donors (Lipinski definition) is 2. The van der Waals surface area contributed by atoms with Gasteiger partial charge >= 0.3 is 0 Å². The first-order chi connectivity index (χ1) is 14.1. The third-order valence-corrected chi connectivity index (χ3v) is 5.19. The molecule has 30 heavy (non-hydrogen) atoms. The SMILES string of the molecule is CCNC(=NCc1cccc(NC(=O)C2CCCO2)c1)N1CCN(C(C)=O)CC1.I. The molecule has 166 valence electrons. The van der Waals surface area contributed by atoms with Crippen LogP contribution >= 0.6 is 24.0 Å². The van der Waals surface area contributed by atoms with Crippen molar-refractivity contribution in [3.8, 4) is 0 Å². The minimum atomic E-state index is -0.342. The van der Waals surface area contributed by atoms with Crippen LogP contribution in [0.4, 0.5) is 5.69 Å². The first kappa shape index (κ1) is 24.4. The Balaban J connectivity index is 0.00000320. The first-order valence-corrected chi connectivity index (χ1v) is 10.4. The van der Waals surface area contributed by atoms with Gasteiger partial charge in [-0.3, -0.25) is 9.59 Å². The molecule has 2 aliphatic heterocycles. The van der Waals surface area contributed by atoms with E-state index in [2.05, 4.69) is 15.5 Å². The van der Waals surface area contributed by atoms with Crippen LogP contribution in [0.1, 0.15) is 32.3 Å². The summed E-state index contributed by atoms with van der Waals surface area (Å²) in [4.78, 5) is 32.6. The van der Waals surface area contributed by atoms with Gasteiger partial charge < -0.3 is 25.2 Å². The van der Waals surface area contributed by atoms with E-state index in [1.54, 1.807) is 6.92 Å². The zero-order chi connectivity index (χ0) is 20.6. The average molecular weight is 529 g/mol. The molecular weight excluding hydrogens is 497 g/mol. The summed E-state index contributed by atoms with van der Waals surface area (Å²) < 4.78 is 5.44. The van der Waals surface area contributed by atoms with E-state index in [0.717, 1.165) is 49.7 Å². The molecule has 0 bridgehead atoms. The van der Waals surface area contributed by atoms with Crippen molar-refractivity contribution < 1.29 is 14.3 Å². The van der Waals surface area contributed by atoms with E-state index in [9.17, 15) is 9.59 Å². The summed E-state index contributed by atoms with van der Waals surface area (Å²) in [6, 6.07) is 7.76. The van der Waals surface area contributed by atoms with Crippen LogP contribution in [-0.4, -0.2) is 73.0 Å². The number of guanidine groups is 1. The number of carbonyl (C=O) groups is 2. The van der Waals surface area contributed by atoms with Crippen molar-refractivity contribution in [3.63, 3.8) is 0 Å². The molecule has 9 heteroatoms. The number of nitrogens with zero attached hydrogens (tertiary/aromatic N) is 3. The summed E-state index contributed by atoms with van der Waals surface area (Å²) in [5.41, 5.74) is 1.78. The summed E-state index contributed by atoms with van der Waals surface area (Å²) in [7, 11) is 0. The highest BCUT2D eigenvalue weighted by atomic mass is 127. The van der Waals surface area contributed by atoms with Crippen molar-refractivity contribution in [2.45, 2.75) is 39.3 Å². The van der Waals surface area contributed by atoms with Crippen molar-refractivity contribution in [2.75, 3.05) is 44.6 Å². The van der Waals surface area contributed by atoms with Gasteiger partial charge in [0, 0.05) is 51.9 Å². The highest BCUT2D eigenvalue weighted by molar-refractivity contribution is 14.0. The molecule has 0 aliphatic carbocycles. The van der Waals surface area contributed by atoms with E-state index >= 15 is 0 Å². The minimum absolute atomic E-state index is 0. The summed E-state index contributed by atoms with van der Waals surface area (Å²) >= 11 is 0. The maximum Gasteiger partial charge on any atom is 0.253 e. The number of nitrogens with one attached hydrogen (secondary N) is 2. The van der Waals surface area contributed by atoms with E-state index in [-0.39, 0.29) is 41.9 Å². The third-order valence-electron chi connectivity index (χ3n) is 5.19. The van der Waals surface area contributed by atoms with E-state index < -0.39 is 0 Å². The van der Waals surface area contributed by atoms with Gasteiger partial charge in [-0.2, -0.15) is 0 Å². The lowest BCUT2D eigenvalue weighted by Gasteiger charge is -2.36. The Kier molecular flexibility index (Phi) is 9.83. The predicted molar refractivity (Wildman–Crippen MR) is 128 cm³/mol. The number of benzene rings is 1. The maximum absolute atomic E-state index is 12.2. The fourth-order valence-corrected chi connectivity index (χ4v) is 3.58. The molecule has 2 fully saturated rings. The fraction of sp³-hybridized carbons (Fsp3) is 0.571. The Hall–Kier alpha value is -1.88. The fourth-order valence-electron chi connectivity index (χ4n) is 3.58. The second-order valence-corrected chi connectivity index (χ2v) is 7.35. The topological polar surface area (TPSA) is 86.3 Å². The van der Waals surface area contributed by atoms with Gasteiger partial charge in [0.1, 0.15) is 6.10 Å². The molecule has 2 aliphatic rings. The predicted octanol–water partition coefficient (Wildman–Crippen LogP) is 2.05. The monoisotopic (exact) mass is 529 g/mol. The number of rotatable bonds is 5. The molecule has 1 atom stereocenters. The highest BCUT2D eigenvalue weighted by Crippen LogP contribution is 2.17. The smallest absolute Gasteiger partial charge is 0.253 e. The van der Waals surface area contributed by atoms with E-state index in [0.29, 0.717) is 26.2 Å². The number of halogens is 1. The van der Waals surface area contributed by atoms with Crippen LogP contribution in [0.3, 0.4) is 0 Å². The molecule has 8 nitrogen and oxygen atoms in total. The summed E-state index contributed by atoms with van der Waals surface area (Å²) in [6.07, 6.45) is 1.37. The number of aliphatic imine (C=N–C) groups is 1. The molecule has 2 amide bonds. The average Bonchev–Trinajstić information content (AvgIpc) is 3.26. The number of hydrogen-bond acceptors (Lipinski definition) is 4. The molecular formula is C21H32IN5O3. The van der Waals surface area contributed by atoms with Gasteiger partial charge in [0.25, 0.3) is 5.91 Å². The van der Waals surface area contributed by atoms with Crippen LogP contribution in [0.25, 0.3) is 0 Å². The van der Waals surface area contributed by atoms with Gasteiger partial charge in [0.05, 0.1) is 6.54 Å². The number of piperazine rings is 1. The number of ether oxygens (including phenoxy) is 1. The number of anilines is 1. The molecule has 0 saturated carbocycles. The zero-order valence-electron chi connectivity index (χ0n) is 17.7. The van der Waals surface area contributed by atoms with Crippen molar-refractivity contribution in [2.24, 2.45) is 4.99 Å². The number of carbonyl (C=O) groups excluding carboxylic acids is 2. The normalized spacial score (nSPS) is 19.3. The van der Waals surface area contributed by atoms with E-state index in [1.807, 2.05) is 36.1 Å². The summed E-state index contributed by atoms with van der Waals surface area (Å²) in [6.45, 7) is 8.56. The van der Waals surface area contributed by atoms with Gasteiger partial charge in [0.2, 0.25) is 5.91 Å². The van der Waals surface area contributed by atoms with Crippen LogP contribution in [0.5, 0.6) is 0 Å². The Morgan fingerprint density at radius 1 is 1.20 bits per heavy atom.